The van der Waals surface area contributed by atoms with Gasteiger partial charge in [-0.25, -0.2) is 17.8 Å². The Morgan fingerprint density at radius 2 is 1.78 bits per heavy atom. The lowest BCUT2D eigenvalue weighted by atomic mass is 9.84. The van der Waals surface area contributed by atoms with Crippen molar-refractivity contribution in [3.8, 4) is 6.07 Å². The molecule has 0 bridgehead atoms. The van der Waals surface area contributed by atoms with E-state index in [-0.39, 0.29) is 21.2 Å². The van der Waals surface area contributed by atoms with Crippen LogP contribution < -0.4 is 9.62 Å². The van der Waals surface area contributed by atoms with Crippen LogP contribution in [0.4, 0.5) is 15.9 Å². The lowest BCUT2D eigenvalue weighted by Crippen LogP contribution is -2.43. The number of piperidine rings is 1. The van der Waals surface area contributed by atoms with Gasteiger partial charge in [-0.05, 0) is 68.1 Å². The van der Waals surface area contributed by atoms with Crippen molar-refractivity contribution in [3.05, 3.63) is 80.7 Å². The molecule has 0 amide bonds. The fourth-order valence-electron chi connectivity index (χ4n) is 4.32. The number of aryl methyl sites for hydroxylation is 1. The number of aliphatic hydroxyl groups is 1. The molecule has 0 saturated carbocycles. The molecule has 188 valence electrons. The molecule has 1 fully saturated rings. The van der Waals surface area contributed by atoms with E-state index in [0.717, 1.165) is 23.8 Å². The summed E-state index contributed by atoms with van der Waals surface area (Å²) in [6, 6.07) is 12.3. The minimum atomic E-state index is -4.12. The topological polar surface area (TPSA) is 106 Å². The van der Waals surface area contributed by atoms with Gasteiger partial charge in [0.2, 0.25) is 0 Å². The molecule has 0 aliphatic carbocycles. The summed E-state index contributed by atoms with van der Waals surface area (Å²) in [5.41, 5.74) is 0.937. The smallest absolute Gasteiger partial charge is 0.262 e. The number of aromatic nitrogens is 1. The molecule has 0 atom stereocenters. The molecule has 11 heteroatoms. The van der Waals surface area contributed by atoms with Crippen molar-refractivity contribution < 1.29 is 17.9 Å². The zero-order valence-electron chi connectivity index (χ0n) is 19.5. The van der Waals surface area contributed by atoms with Crippen molar-refractivity contribution in [2.45, 2.75) is 37.2 Å². The molecule has 1 aromatic heterocycles. The van der Waals surface area contributed by atoms with Crippen molar-refractivity contribution in [1.82, 2.24) is 4.98 Å². The average Bonchev–Trinajstić information content (AvgIpc) is 2.84. The molecular weight excluding hydrogens is 526 g/mol. The lowest BCUT2D eigenvalue weighted by molar-refractivity contribution is 0.0116. The third-order valence-electron chi connectivity index (χ3n) is 6.43. The van der Waals surface area contributed by atoms with Crippen LogP contribution in [0.25, 0.3) is 0 Å². The summed E-state index contributed by atoms with van der Waals surface area (Å²) in [5.74, 6) is -0.302. The van der Waals surface area contributed by atoms with Crippen LogP contribution in [0.5, 0.6) is 0 Å². The van der Waals surface area contributed by atoms with Crippen molar-refractivity contribution in [2.75, 3.05) is 22.7 Å². The Morgan fingerprint density at radius 1 is 1.14 bits per heavy atom. The highest BCUT2D eigenvalue weighted by atomic mass is 35.5. The molecule has 3 aromatic rings. The number of hydrogen-bond donors (Lipinski definition) is 2. The first-order chi connectivity index (χ1) is 16.9. The molecule has 36 heavy (non-hydrogen) atoms. The summed E-state index contributed by atoms with van der Waals surface area (Å²) in [7, 11) is -4.12. The van der Waals surface area contributed by atoms with Gasteiger partial charge in [0.1, 0.15) is 17.7 Å². The Kier molecular flexibility index (Phi) is 7.17. The monoisotopic (exact) mass is 548 g/mol. The highest BCUT2D eigenvalue weighted by Crippen LogP contribution is 2.37. The minimum Gasteiger partial charge on any atom is -0.385 e. The second-order valence-corrected chi connectivity index (χ2v) is 11.2. The third kappa shape index (κ3) is 5.00. The first-order valence-corrected chi connectivity index (χ1v) is 13.3. The first kappa shape index (κ1) is 26.2. The normalized spacial score (nSPS) is 15.4. The molecule has 0 radical (unpaired) electrons. The van der Waals surface area contributed by atoms with Crippen molar-refractivity contribution in [1.29, 1.82) is 5.26 Å². The van der Waals surface area contributed by atoms with Crippen LogP contribution >= 0.6 is 23.2 Å². The van der Waals surface area contributed by atoms with Gasteiger partial charge < -0.3 is 10.0 Å². The second kappa shape index (κ2) is 9.87. The van der Waals surface area contributed by atoms with Gasteiger partial charge in [-0.1, -0.05) is 35.3 Å². The lowest BCUT2D eigenvalue weighted by Gasteiger charge is -2.39. The quantitative estimate of drug-likeness (QED) is 0.447. The number of benzene rings is 2. The Balaban J connectivity index is 1.61. The van der Waals surface area contributed by atoms with Crippen LogP contribution in [0.2, 0.25) is 10.0 Å². The number of nitrogens with one attached hydrogen (secondary N) is 1. The number of pyridine rings is 1. The van der Waals surface area contributed by atoms with Gasteiger partial charge in [-0.3, -0.25) is 4.72 Å². The van der Waals surface area contributed by atoms with Gasteiger partial charge >= 0.3 is 0 Å². The van der Waals surface area contributed by atoms with E-state index in [1.165, 1.54) is 0 Å². The maximum Gasteiger partial charge on any atom is 0.262 e. The molecule has 1 aliphatic rings. The summed E-state index contributed by atoms with van der Waals surface area (Å²) in [5, 5.41) is 21.4. The van der Waals surface area contributed by atoms with Crippen LogP contribution in [-0.2, 0) is 15.6 Å². The van der Waals surface area contributed by atoms with Crippen molar-refractivity contribution in [3.63, 3.8) is 0 Å². The number of anilines is 2. The summed E-state index contributed by atoms with van der Waals surface area (Å²) in [4.78, 5) is 6.26. The number of nitriles is 1. The number of nitrogens with zero attached hydrogens (tertiary/aromatic N) is 3. The van der Waals surface area contributed by atoms with Crippen LogP contribution in [0, 0.1) is 31.0 Å². The molecule has 2 heterocycles. The van der Waals surface area contributed by atoms with Gasteiger partial charge in [0.25, 0.3) is 10.0 Å². The largest absolute Gasteiger partial charge is 0.385 e. The summed E-state index contributed by atoms with van der Waals surface area (Å²) >= 11 is 11.7. The SMILES string of the molecule is Cc1nc(N2CCC(O)(c3ccc(Cl)cc3)CC2)c(C#N)c(C)c1NS(=O)(=O)c1ccc(F)c(Cl)c1. The molecule has 2 aromatic carbocycles. The Bertz CT molecular complexity index is 1470. The average molecular weight is 549 g/mol. The predicted octanol–water partition coefficient (Wildman–Crippen LogP) is 5.30. The van der Waals surface area contributed by atoms with E-state index in [2.05, 4.69) is 15.8 Å². The zero-order chi connectivity index (χ0) is 26.3. The van der Waals surface area contributed by atoms with Crippen LogP contribution in [0.15, 0.2) is 47.4 Å². The molecule has 0 unspecified atom stereocenters. The van der Waals surface area contributed by atoms with Gasteiger partial charge in [-0.15, -0.1) is 0 Å². The van der Waals surface area contributed by atoms with Gasteiger partial charge in [0.05, 0.1) is 32.5 Å². The Labute approximate surface area is 219 Å². The molecule has 7 nitrogen and oxygen atoms in total. The van der Waals surface area contributed by atoms with E-state index in [9.17, 15) is 23.2 Å². The zero-order valence-corrected chi connectivity index (χ0v) is 21.8. The van der Waals surface area contributed by atoms with E-state index in [1.54, 1.807) is 38.1 Å². The molecule has 1 saturated heterocycles. The van der Waals surface area contributed by atoms with Crippen LogP contribution in [0.3, 0.4) is 0 Å². The Morgan fingerprint density at radius 3 is 2.36 bits per heavy atom. The van der Waals surface area contributed by atoms with Gasteiger partial charge in [0.15, 0.2) is 0 Å². The third-order valence-corrected chi connectivity index (χ3v) is 8.32. The van der Waals surface area contributed by atoms with E-state index in [1.807, 2.05) is 4.90 Å². The fourth-order valence-corrected chi connectivity index (χ4v) is 5.90. The van der Waals surface area contributed by atoms with Crippen LogP contribution in [0.1, 0.15) is 35.2 Å². The summed E-state index contributed by atoms with van der Waals surface area (Å²) in [6.45, 7) is 4.17. The number of halogens is 3. The number of hydrogen-bond acceptors (Lipinski definition) is 6. The second-order valence-electron chi connectivity index (χ2n) is 8.71. The highest BCUT2D eigenvalue weighted by Gasteiger charge is 2.35. The van der Waals surface area contributed by atoms with Gasteiger partial charge in [0, 0.05) is 18.1 Å². The molecule has 4 rings (SSSR count). The highest BCUT2D eigenvalue weighted by molar-refractivity contribution is 7.92. The maximum absolute atomic E-state index is 13.5. The maximum atomic E-state index is 13.5. The molecular formula is C25H23Cl2FN4O3S. The number of rotatable bonds is 5. The summed E-state index contributed by atoms with van der Waals surface area (Å²) < 4.78 is 41.8. The van der Waals surface area contributed by atoms with Crippen molar-refractivity contribution in [2.24, 2.45) is 0 Å². The number of sulfonamides is 1. The first-order valence-electron chi connectivity index (χ1n) is 11.1. The predicted molar refractivity (Wildman–Crippen MR) is 137 cm³/mol. The van der Waals surface area contributed by atoms with E-state index in [0.29, 0.717) is 48.0 Å². The van der Waals surface area contributed by atoms with Crippen molar-refractivity contribution >= 4 is 44.7 Å². The minimum absolute atomic E-state index is 0.172. The van der Waals surface area contributed by atoms with E-state index < -0.39 is 21.4 Å². The fraction of sp³-hybridized carbons (Fsp3) is 0.280. The Hall–Kier alpha value is -2.90. The molecule has 1 aliphatic heterocycles. The molecule has 2 N–H and O–H groups in total. The summed E-state index contributed by atoms with van der Waals surface area (Å²) in [6.07, 6.45) is 0.831. The van der Waals surface area contributed by atoms with Crippen LogP contribution in [-0.4, -0.2) is 31.6 Å². The van der Waals surface area contributed by atoms with E-state index >= 15 is 0 Å². The standard InChI is InChI=1S/C25H23Cl2FN4O3S/c1-15-20(14-29)24(32-11-9-25(33,10-12-32)17-3-5-18(26)6-4-17)30-16(2)23(15)31-36(34,35)19-7-8-22(28)21(27)13-19/h3-8,13,31,33H,9-12H2,1-2H3. The van der Waals surface area contributed by atoms with Gasteiger partial charge in [-0.2, -0.15) is 5.26 Å². The van der Waals surface area contributed by atoms with E-state index in [4.69, 9.17) is 23.2 Å². The molecule has 0 spiro atoms.